The van der Waals surface area contributed by atoms with E-state index in [0.717, 1.165) is 10.0 Å². The van der Waals surface area contributed by atoms with E-state index in [1.54, 1.807) is 6.07 Å². The van der Waals surface area contributed by atoms with E-state index in [1.807, 2.05) is 42.5 Å². The molecule has 38 heavy (non-hydrogen) atoms. The van der Waals surface area contributed by atoms with E-state index in [9.17, 15) is 4.79 Å². The first kappa shape index (κ1) is 30.7. The first-order valence-corrected chi connectivity index (χ1v) is 15.9. The maximum Gasteiger partial charge on any atom is 0.412 e. The minimum Gasteiger partial charge on any atom is -0.489 e. The average Bonchev–Trinajstić information content (AvgIpc) is 3.54. The molecular weight excluding hydrogens is 562 g/mol. The average molecular weight is 607 g/mol. The maximum absolute atomic E-state index is 12.4. The van der Waals surface area contributed by atoms with Gasteiger partial charge < -0.3 is 18.6 Å². The quantitative estimate of drug-likeness (QED) is 0.228. The summed E-state index contributed by atoms with van der Waals surface area (Å²) in [7, 11) is -2.30. The summed E-state index contributed by atoms with van der Waals surface area (Å²) < 4.78 is 25.2. The lowest BCUT2D eigenvalue weighted by molar-refractivity contribution is 0.155. The molecule has 1 amide bonds. The molecule has 1 fully saturated rings. The maximum atomic E-state index is 12.4. The van der Waals surface area contributed by atoms with Gasteiger partial charge in [-0.3, -0.25) is 5.32 Å². The number of hydrogen-bond donors (Lipinski definition) is 1. The Morgan fingerprint density at radius 1 is 0.895 bits per heavy atom. The summed E-state index contributed by atoms with van der Waals surface area (Å²) in [6.07, 6.45) is -0.602. The van der Waals surface area contributed by atoms with Gasteiger partial charge in [-0.15, -0.1) is 0 Å². The Balaban J connectivity index is 1.59. The number of nitrogens with one attached hydrogen (secondary N) is 1. The molecule has 6 nitrogen and oxygen atoms in total. The Labute approximate surface area is 238 Å². The molecule has 0 bridgehead atoms. The number of carbonyl (C=O) groups is 1. The molecule has 0 unspecified atom stereocenters. The van der Waals surface area contributed by atoms with Crippen LogP contribution in [0.2, 0.25) is 15.1 Å². The van der Waals surface area contributed by atoms with E-state index in [2.05, 4.69) is 83.6 Å². The summed E-state index contributed by atoms with van der Waals surface area (Å²) in [5, 5.41) is 2.95. The van der Waals surface area contributed by atoms with Gasteiger partial charge in [-0.05, 0) is 38.9 Å². The van der Waals surface area contributed by atoms with Crippen molar-refractivity contribution in [3.63, 3.8) is 0 Å². The predicted molar refractivity (Wildman–Crippen MR) is 159 cm³/mol. The molecule has 2 aromatic rings. The van der Waals surface area contributed by atoms with Gasteiger partial charge in [0.05, 0.1) is 12.3 Å². The van der Waals surface area contributed by atoms with E-state index in [0.29, 0.717) is 24.7 Å². The number of hydrogen-bond acceptors (Lipinski definition) is 5. The Kier molecular flexibility index (Phi) is 9.44. The van der Waals surface area contributed by atoms with Crippen LogP contribution in [0.1, 0.15) is 67.9 Å². The second kappa shape index (κ2) is 11.7. The second-order valence-electron chi connectivity index (χ2n) is 13.1. The van der Waals surface area contributed by atoms with Gasteiger partial charge in [-0.25, -0.2) is 4.79 Å². The SMILES string of the molecule is CC(C)(C)[Si](OC[C@H]1O[C@H]1COc1cc(Br)ccc1NC(=O)OCc1ccccc1)(C(C)(C)C)C(C)(C)C. The molecule has 210 valence electrons. The third-order valence-electron chi connectivity index (χ3n) is 7.12. The van der Waals surface area contributed by atoms with Crippen LogP contribution >= 0.6 is 15.9 Å². The molecule has 2 aromatic carbocycles. The number of amides is 1. The summed E-state index contributed by atoms with van der Waals surface area (Å²) in [5.41, 5.74) is 1.46. The van der Waals surface area contributed by atoms with Crippen molar-refractivity contribution in [2.45, 2.75) is 96.2 Å². The summed E-state index contributed by atoms with van der Waals surface area (Å²) in [6, 6.07) is 15.0. The first-order chi connectivity index (χ1) is 17.5. The summed E-state index contributed by atoms with van der Waals surface area (Å²) in [4.78, 5) is 12.4. The molecule has 1 aliphatic heterocycles. The standard InChI is InChI=1S/C30H44BrNO5Si/c1-28(2,3)38(29(4,5)6,30(7,8)9)36-20-26-25(37-26)19-34-24-17-22(31)15-16-23(24)32-27(33)35-18-21-13-11-10-12-14-21/h10-17,25-26H,18-20H2,1-9H3,(H,32,33)/t25-,26+/m0/s1. The number of rotatable bonds is 9. The molecule has 1 N–H and O–H groups in total. The van der Waals surface area contributed by atoms with Crippen molar-refractivity contribution in [2.75, 3.05) is 18.5 Å². The molecule has 2 atom stereocenters. The lowest BCUT2D eigenvalue weighted by Gasteiger charge is -2.57. The fourth-order valence-corrected chi connectivity index (χ4v) is 15.3. The fourth-order valence-electron chi connectivity index (χ4n) is 6.46. The molecule has 0 spiro atoms. The van der Waals surface area contributed by atoms with Crippen molar-refractivity contribution in [1.82, 2.24) is 0 Å². The Bertz CT molecular complexity index is 1050. The van der Waals surface area contributed by atoms with Crippen LogP contribution < -0.4 is 10.1 Å². The van der Waals surface area contributed by atoms with Crippen molar-refractivity contribution in [2.24, 2.45) is 0 Å². The third kappa shape index (κ3) is 7.20. The lowest BCUT2D eigenvalue weighted by atomic mass is 10.2. The van der Waals surface area contributed by atoms with Crippen LogP contribution in [-0.2, 0) is 20.5 Å². The van der Waals surface area contributed by atoms with E-state index in [4.69, 9.17) is 18.6 Å². The van der Waals surface area contributed by atoms with Gasteiger partial charge in [-0.2, -0.15) is 0 Å². The zero-order valence-corrected chi connectivity index (χ0v) is 26.9. The Morgan fingerprint density at radius 2 is 1.47 bits per heavy atom. The molecule has 1 heterocycles. The van der Waals surface area contributed by atoms with Gasteiger partial charge in [-0.1, -0.05) is 109 Å². The van der Waals surface area contributed by atoms with Gasteiger partial charge in [0.2, 0.25) is 8.32 Å². The molecular formula is C30H44BrNO5Si. The monoisotopic (exact) mass is 605 g/mol. The van der Waals surface area contributed by atoms with Crippen molar-refractivity contribution >= 4 is 36.0 Å². The first-order valence-electron chi connectivity index (χ1n) is 13.2. The van der Waals surface area contributed by atoms with Gasteiger partial charge >= 0.3 is 6.09 Å². The highest BCUT2D eigenvalue weighted by Gasteiger charge is 2.62. The van der Waals surface area contributed by atoms with Gasteiger partial charge in [0, 0.05) is 4.47 Å². The second-order valence-corrected chi connectivity index (χ2v) is 20.2. The molecule has 0 radical (unpaired) electrons. The van der Waals surface area contributed by atoms with Crippen molar-refractivity contribution < 1.29 is 23.4 Å². The molecule has 0 aromatic heterocycles. The molecule has 1 saturated heterocycles. The molecule has 8 heteroatoms. The topological polar surface area (TPSA) is 69.3 Å². The number of halogens is 1. The number of anilines is 1. The smallest absolute Gasteiger partial charge is 0.412 e. The zero-order valence-electron chi connectivity index (χ0n) is 24.3. The van der Waals surface area contributed by atoms with Crippen LogP contribution in [0.4, 0.5) is 10.5 Å². The number of benzene rings is 2. The van der Waals surface area contributed by atoms with Crippen LogP contribution in [0.25, 0.3) is 0 Å². The van der Waals surface area contributed by atoms with E-state index in [-0.39, 0.29) is 33.9 Å². The van der Waals surface area contributed by atoms with Crippen molar-refractivity contribution in [3.05, 3.63) is 58.6 Å². The molecule has 1 aliphatic rings. The van der Waals surface area contributed by atoms with Crippen LogP contribution in [0.5, 0.6) is 5.75 Å². The summed E-state index contributed by atoms with van der Waals surface area (Å²) >= 11 is 3.49. The number of ether oxygens (including phenoxy) is 3. The zero-order chi connectivity index (χ0) is 28.4. The van der Waals surface area contributed by atoms with E-state index >= 15 is 0 Å². The molecule has 0 aliphatic carbocycles. The fraction of sp³-hybridized carbons (Fsp3) is 0.567. The summed E-state index contributed by atoms with van der Waals surface area (Å²) in [5.74, 6) is 0.550. The minimum absolute atomic E-state index is 0.00618. The van der Waals surface area contributed by atoms with E-state index in [1.165, 1.54) is 0 Å². The lowest BCUT2D eigenvalue weighted by Crippen LogP contribution is -2.61. The third-order valence-corrected chi connectivity index (χ3v) is 14.5. The Morgan fingerprint density at radius 3 is 2.05 bits per heavy atom. The van der Waals surface area contributed by atoms with E-state index < -0.39 is 14.4 Å². The van der Waals surface area contributed by atoms with Crippen LogP contribution in [0.15, 0.2) is 53.0 Å². The van der Waals surface area contributed by atoms with Crippen molar-refractivity contribution in [1.29, 1.82) is 0 Å². The Hall–Kier alpha value is -1.87. The highest BCUT2D eigenvalue weighted by atomic mass is 79.9. The minimum atomic E-state index is -2.30. The van der Waals surface area contributed by atoms with Crippen LogP contribution in [0, 0.1) is 0 Å². The largest absolute Gasteiger partial charge is 0.489 e. The van der Waals surface area contributed by atoms with Gasteiger partial charge in [0.25, 0.3) is 0 Å². The van der Waals surface area contributed by atoms with Crippen molar-refractivity contribution in [3.8, 4) is 5.75 Å². The molecule has 0 saturated carbocycles. The van der Waals surface area contributed by atoms with Gasteiger partial charge in [0.1, 0.15) is 31.2 Å². The highest BCUT2D eigenvalue weighted by Crippen LogP contribution is 2.62. The number of epoxide rings is 1. The molecule has 3 rings (SSSR count). The summed E-state index contributed by atoms with van der Waals surface area (Å²) in [6.45, 7) is 22.0. The highest BCUT2D eigenvalue weighted by molar-refractivity contribution is 9.10. The predicted octanol–water partition coefficient (Wildman–Crippen LogP) is 8.71. The normalized spacial score (nSPS) is 18.2. The van der Waals surface area contributed by atoms with Gasteiger partial charge in [0.15, 0.2) is 0 Å². The van der Waals surface area contributed by atoms with Crippen LogP contribution in [0.3, 0.4) is 0 Å². The van der Waals surface area contributed by atoms with Crippen LogP contribution in [-0.4, -0.2) is 39.8 Å². The number of carbonyl (C=O) groups excluding carboxylic acids is 1.